The summed E-state index contributed by atoms with van der Waals surface area (Å²) >= 11 is 12.4. The maximum atomic E-state index is 15.1. The second-order valence-electron chi connectivity index (χ2n) is 9.77. The first-order chi connectivity index (χ1) is 17.9. The average molecular weight is 564 g/mol. The van der Waals surface area contributed by atoms with Crippen LogP contribution in [0.25, 0.3) is 16.7 Å². The topological polar surface area (TPSA) is 100 Å². The molecule has 1 saturated heterocycles. The lowest BCUT2D eigenvalue weighted by atomic mass is 9.87. The number of rotatable bonds is 4. The van der Waals surface area contributed by atoms with Crippen LogP contribution in [-0.4, -0.2) is 44.2 Å². The Hall–Kier alpha value is -3.54. The lowest BCUT2D eigenvalue weighted by Gasteiger charge is -2.43. The molecule has 1 fully saturated rings. The van der Waals surface area contributed by atoms with Crippen LogP contribution in [0.3, 0.4) is 0 Å². The molecule has 0 spiro atoms. The molecule has 1 aliphatic heterocycles. The van der Waals surface area contributed by atoms with E-state index in [0.717, 1.165) is 21.6 Å². The summed E-state index contributed by atoms with van der Waals surface area (Å²) in [5.41, 5.74) is -2.58. The SMILES string of the molecule is CC(C)(C)OC(=O)n1nccc1-n1cnc2c(F)cc(NC3(c4c(F)ccc(Cl)c4Cl)COC3)cc2c1=O. The third kappa shape index (κ3) is 4.50. The molecule has 0 bridgehead atoms. The van der Waals surface area contributed by atoms with E-state index in [-0.39, 0.29) is 51.2 Å². The minimum absolute atomic E-state index is 0.00292. The Bertz CT molecular complexity index is 1640. The first-order valence-electron chi connectivity index (χ1n) is 11.4. The zero-order valence-corrected chi connectivity index (χ0v) is 21.9. The van der Waals surface area contributed by atoms with Crippen LogP contribution in [-0.2, 0) is 15.0 Å². The smallest absolute Gasteiger partial charge is 0.437 e. The minimum Gasteiger partial charge on any atom is -0.442 e. The molecule has 0 saturated carbocycles. The second kappa shape index (κ2) is 9.33. The van der Waals surface area contributed by atoms with E-state index in [2.05, 4.69) is 15.4 Å². The molecule has 1 aliphatic rings. The molecular formula is C25H21Cl2F2N5O4. The Morgan fingerprint density at radius 3 is 2.55 bits per heavy atom. The standard InChI is InChI=1S/C25H21Cl2F2N5O4/c1-24(2,3)38-23(36)34-18(6-7-31-34)33-12-30-21-14(22(33)35)8-13(9-17(21)29)32-25(10-37-11-25)19-16(28)5-4-15(26)20(19)27/h4-9,12,32H,10-11H2,1-3H3. The van der Waals surface area contributed by atoms with E-state index in [1.54, 1.807) is 20.8 Å². The summed E-state index contributed by atoms with van der Waals surface area (Å²) in [6.45, 7) is 5.12. The Morgan fingerprint density at radius 1 is 1.16 bits per heavy atom. The third-order valence-electron chi connectivity index (χ3n) is 5.85. The molecule has 9 nitrogen and oxygen atoms in total. The number of hydrogen-bond donors (Lipinski definition) is 1. The van der Waals surface area contributed by atoms with Crippen molar-refractivity contribution in [2.24, 2.45) is 0 Å². The van der Waals surface area contributed by atoms with E-state index in [9.17, 15) is 14.0 Å². The van der Waals surface area contributed by atoms with E-state index in [0.29, 0.717) is 0 Å². The molecule has 0 unspecified atom stereocenters. The molecule has 2 aromatic carbocycles. The highest BCUT2D eigenvalue weighted by Gasteiger charge is 2.44. The zero-order valence-electron chi connectivity index (χ0n) is 20.4. The van der Waals surface area contributed by atoms with Gasteiger partial charge >= 0.3 is 6.09 Å². The van der Waals surface area contributed by atoms with Crippen LogP contribution in [0.2, 0.25) is 10.0 Å². The Morgan fingerprint density at radius 2 is 1.89 bits per heavy atom. The normalized spacial score (nSPS) is 14.8. The number of nitrogens with zero attached hydrogens (tertiary/aromatic N) is 4. The quantitative estimate of drug-likeness (QED) is 0.337. The van der Waals surface area contributed by atoms with E-state index in [4.69, 9.17) is 32.7 Å². The van der Waals surface area contributed by atoms with Crippen molar-refractivity contribution in [1.82, 2.24) is 19.3 Å². The van der Waals surface area contributed by atoms with Crippen LogP contribution in [0.5, 0.6) is 0 Å². The maximum Gasteiger partial charge on any atom is 0.437 e. The van der Waals surface area contributed by atoms with Crippen molar-refractivity contribution in [3.05, 3.63) is 80.5 Å². The van der Waals surface area contributed by atoms with Crippen LogP contribution in [0.1, 0.15) is 26.3 Å². The molecule has 0 aliphatic carbocycles. The first-order valence-corrected chi connectivity index (χ1v) is 12.1. The largest absolute Gasteiger partial charge is 0.442 e. The van der Waals surface area contributed by atoms with Gasteiger partial charge in [-0.15, -0.1) is 4.68 Å². The van der Waals surface area contributed by atoms with Crippen molar-refractivity contribution in [1.29, 1.82) is 0 Å². The number of carbonyl (C=O) groups excluding carboxylic acids is 1. The molecule has 0 radical (unpaired) electrons. The lowest BCUT2D eigenvalue weighted by molar-refractivity contribution is -0.0462. The molecule has 4 aromatic rings. The summed E-state index contributed by atoms with van der Waals surface area (Å²) in [7, 11) is 0. The summed E-state index contributed by atoms with van der Waals surface area (Å²) < 4.78 is 42.6. The van der Waals surface area contributed by atoms with Crippen molar-refractivity contribution < 1.29 is 23.0 Å². The number of hydrogen-bond acceptors (Lipinski definition) is 7. The molecule has 1 N–H and O–H groups in total. The minimum atomic E-state index is -1.15. The monoisotopic (exact) mass is 563 g/mol. The number of aromatic nitrogens is 4. The molecule has 0 atom stereocenters. The predicted octanol–water partition coefficient (Wildman–Crippen LogP) is 5.29. The zero-order chi connectivity index (χ0) is 27.4. The highest BCUT2D eigenvalue weighted by molar-refractivity contribution is 6.42. The van der Waals surface area contributed by atoms with Gasteiger partial charge in [0.2, 0.25) is 0 Å². The molecule has 3 heterocycles. The Balaban J connectivity index is 1.58. The van der Waals surface area contributed by atoms with Crippen molar-refractivity contribution in [2.75, 3.05) is 18.5 Å². The number of nitrogens with one attached hydrogen (secondary N) is 1. The van der Waals surface area contributed by atoms with Crippen LogP contribution in [0, 0.1) is 11.6 Å². The number of benzene rings is 2. The van der Waals surface area contributed by atoms with E-state index >= 15 is 4.39 Å². The van der Waals surface area contributed by atoms with Crippen molar-refractivity contribution in [2.45, 2.75) is 31.9 Å². The van der Waals surface area contributed by atoms with Crippen molar-refractivity contribution in [3.8, 4) is 5.82 Å². The average Bonchev–Trinajstić information content (AvgIpc) is 3.29. The summed E-state index contributed by atoms with van der Waals surface area (Å²) in [4.78, 5) is 30.2. The Kier molecular flexibility index (Phi) is 6.41. The predicted molar refractivity (Wildman–Crippen MR) is 137 cm³/mol. The molecule has 38 heavy (non-hydrogen) atoms. The number of carbonyl (C=O) groups is 1. The van der Waals surface area contributed by atoms with Gasteiger partial charge in [0.1, 0.15) is 28.8 Å². The van der Waals surface area contributed by atoms with Gasteiger partial charge in [-0.3, -0.25) is 4.79 Å². The number of fused-ring (bicyclic) bond motifs is 1. The first kappa shape index (κ1) is 26.1. The van der Waals surface area contributed by atoms with Gasteiger partial charge in [0.05, 0.1) is 34.8 Å². The second-order valence-corrected chi connectivity index (χ2v) is 10.6. The van der Waals surface area contributed by atoms with Gasteiger partial charge in [0.15, 0.2) is 11.6 Å². The van der Waals surface area contributed by atoms with Crippen molar-refractivity contribution in [3.63, 3.8) is 0 Å². The van der Waals surface area contributed by atoms with E-state index < -0.39 is 34.4 Å². The molecule has 198 valence electrons. The summed E-state index contributed by atoms with van der Waals surface area (Å²) in [5.74, 6) is -1.35. The lowest BCUT2D eigenvalue weighted by Crippen LogP contribution is -2.53. The maximum absolute atomic E-state index is 15.1. The Labute approximate surface area is 224 Å². The van der Waals surface area contributed by atoms with Gasteiger partial charge in [-0.25, -0.2) is 23.1 Å². The molecule has 5 rings (SSSR count). The van der Waals surface area contributed by atoms with Gasteiger partial charge in [-0.05, 0) is 45.0 Å². The fourth-order valence-electron chi connectivity index (χ4n) is 4.18. The molecule has 2 aromatic heterocycles. The van der Waals surface area contributed by atoms with E-state index in [1.165, 1.54) is 30.5 Å². The molecule has 0 amide bonds. The summed E-state index contributed by atoms with van der Waals surface area (Å²) in [5, 5.41) is 7.08. The highest BCUT2D eigenvalue weighted by atomic mass is 35.5. The fraction of sp³-hybridized carbons (Fsp3) is 0.280. The third-order valence-corrected chi connectivity index (χ3v) is 6.66. The van der Waals surface area contributed by atoms with Gasteiger partial charge in [-0.2, -0.15) is 5.10 Å². The van der Waals surface area contributed by atoms with Gasteiger partial charge in [0, 0.05) is 17.3 Å². The van der Waals surface area contributed by atoms with E-state index in [1.807, 2.05) is 0 Å². The summed E-state index contributed by atoms with van der Waals surface area (Å²) in [6, 6.07) is 6.46. The molecule has 13 heteroatoms. The number of ether oxygens (including phenoxy) is 2. The van der Waals surface area contributed by atoms with Crippen molar-refractivity contribution >= 4 is 45.9 Å². The van der Waals surface area contributed by atoms with Gasteiger partial charge < -0.3 is 14.8 Å². The number of anilines is 1. The van der Waals surface area contributed by atoms with Crippen LogP contribution >= 0.6 is 23.2 Å². The van der Waals surface area contributed by atoms with Gasteiger partial charge in [-0.1, -0.05) is 23.2 Å². The highest BCUT2D eigenvalue weighted by Crippen LogP contribution is 2.42. The fourth-order valence-corrected chi connectivity index (χ4v) is 4.67. The van der Waals surface area contributed by atoms with Crippen LogP contribution in [0.15, 0.2) is 47.7 Å². The van der Waals surface area contributed by atoms with Gasteiger partial charge in [0.25, 0.3) is 5.56 Å². The summed E-state index contributed by atoms with van der Waals surface area (Å²) in [6.07, 6.45) is 1.61. The van der Waals surface area contributed by atoms with Crippen LogP contribution in [0.4, 0.5) is 19.3 Å². The molecular weight excluding hydrogens is 543 g/mol. The number of halogens is 4. The van der Waals surface area contributed by atoms with Crippen LogP contribution < -0.4 is 10.9 Å².